The van der Waals surface area contributed by atoms with Crippen LogP contribution in [0.3, 0.4) is 0 Å². The van der Waals surface area contributed by atoms with Crippen LogP contribution < -0.4 is 5.32 Å². The van der Waals surface area contributed by atoms with Crippen molar-refractivity contribution in [3.8, 4) is 0 Å². The van der Waals surface area contributed by atoms with E-state index in [2.05, 4.69) is 21.2 Å². The van der Waals surface area contributed by atoms with E-state index in [4.69, 9.17) is 16.3 Å². The molecular weight excluding hydrogens is 342 g/mol. The second-order valence-corrected chi connectivity index (χ2v) is 6.32. The van der Waals surface area contributed by atoms with Crippen molar-refractivity contribution in [3.63, 3.8) is 0 Å². The third-order valence-corrected chi connectivity index (χ3v) is 4.37. The second kappa shape index (κ2) is 7.43. The molecule has 1 aliphatic carbocycles. The van der Waals surface area contributed by atoms with Crippen molar-refractivity contribution in [3.05, 3.63) is 33.3 Å². The molecule has 1 saturated carbocycles. The van der Waals surface area contributed by atoms with Gasteiger partial charge >= 0.3 is 5.97 Å². The number of hydrogen-bond acceptors (Lipinski definition) is 3. The van der Waals surface area contributed by atoms with E-state index < -0.39 is 6.04 Å². The Morgan fingerprint density at radius 2 is 2.20 bits per heavy atom. The maximum atomic E-state index is 12.2. The standard InChI is InChI=1S/C15H19BrClNO2/c1-2-20-15(19)14(18-11-5-3-4-6-11)12-8-7-10(16)9-13(12)17/h7-9,11,14,18H,2-6H2,1H3. The molecule has 1 aromatic rings. The fourth-order valence-corrected chi connectivity index (χ4v) is 3.36. The van der Waals surface area contributed by atoms with Gasteiger partial charge in [-0.05, 0) is 37.5 Å². The van der Waals surface area contributed by atoms with Gasteiger partial charge in [-0.1, -0.05) is 46.4 Å². The third-order valence-electron chi connectivity index (χ3n) is 3.55. The molecule has 1 atom stereocenters. The molecule has 110 valence electrons. The Labute approximate surface area is 133 Å². The van der Waals surface area contributed by atoms with Crippen LogP contribution in [-0.2, 0) is 9.53 Å². The van der Waals surface area contributed by atoms with Gasteiger partial charge in [-0.25, -0.2) is 4.79 Å². The van der Waals surface area contributed by atoms with Crippen molar-refractivity contribution in [2.45, 2.75) is 44.7 Å². The summed E-state index contributed by atoms with van der Waals surface area (Å²) in [6.45, 7) is 2.18. The van der Waals surface area contributed by atoms with E-state index in [1.165, 1.54) is 12.8 Å². The number of nitrogens with one attached hydrogen (secondary N) is 1. The molecule has 0 saturated heterocycles. The van der Waals surface area contributed by atoms with Crippen LogP contribution in [0.25, 0.3) is 0 Å². The van der Waals surface area contributed by atoms with Crippen LogP contribution in [0.15, 0.2) is 22.7 Å². The fourth-order valence-electron chi connectivity index (χ4n) is 2.57. The first-order chi connectivity index (χ1) is 9.61. The van der Waals surface area contributed by atoms with E-state index >= 15 is 0 Å². The zero-order chi connectivity index (χ0) is 14.5. The Hall–Kier alpha value is -0.580. The quantitative estimate of drug-likeness (QED) is 0.798. The molecule has 20 heavy (non-hydrogen) atoms. The summed E-state index contributed by atoms with van der Waals surface area (Å²) in [6.07, 6.45) is 4.62. The summed E-state index contributed by atoms with van der Waals surface area (Å²) in [5.74, 6) is -0.261. The van der Waals surface area contributed by atoms with Crippen molar-refractivity contribution < 1.29 is 9.53 Å². The van der Waals surface area contributed by atoms with Crippen molar-refractivity contribution in [2.24, 2.45) is 0 Å². The SMILES string of the molecule is CCOC(=O)C(NC1CCCC1)c1ccc(Br)cc1Cl. The Kier molecular flexibility index (Phi) is 5.87. The number of benzene rings is 1. The zero-order valence-corrected chi connectivity index (χ0v) is 13.8. The predicted molar refractivity (Wildman–Crippen MR) is 83.9 cm³/mol. The second-order valence-electron chi connectivity index (χ2n) is 5.00. The number of carbonyl (C=O) groups excluding carboxylic acids is 1. The highest BCUT2D eigenvalue weighted by Crippen LogP contribution is 2.29. The highest BCUT2D eigenvalue weighted by Gasteiger charge is 2.28. The van der Waals surface area contributed by atoms with Gasteiger partial charge in [0.05, 0.1) is 6.61 Å². The van der Waals surface area contributed by atoms with Crippen molar-refractivity contribution in [1.29, 1.82) is 0 Å². The highest BCUT2D eigenvalue weighted by molar-refractivity contribution is 9.10. The van der Waals surface area contributed by atoms with Gasteiger partial charge in [0.1, 0.15) is 6.04 Å². The molecule has 0 aromatic heterocycles. The molecular formula is C15H19BrClNO2. The molecule has 1 unspecified atom stereocenters. The van der Waals surface area contributed by atoms with Crippen LogP contribution in [0.2, 0.25) is 5.02 Å². The lowest BCUT2D eigenvalue weighted by atomic mass is 10.1. The lowest BCUT2D eigenvalue weighted by Gasteiger charge is -2.22. The topological polar surface area (TPSA) is 38.3 Å². The van der Waals surface area contributed by atoms with Gasteiger partial charge < -0.3 is 4.74 Å². The molecule has 0 radical (unpaired) electrons. The summed E-state index contributed by atoms with van der Waals surface area (Å²) in [5.41, 5.74) is 0.778. The zero-order valence-electron chi connectivity index (χ0n) is 11.5. The minimum absolute atomic E-state index is 0.261. The van der Waals surface area contributed by atoms with Gasteiger partial charge in [0, 0.05) is 15.5 Å². The molecule has 0 spiro atoms. The molecule has 2 rings (SSSR count). The first kappa shape index (κ1) is 15.8. The predicted octanol–water partition coefficient (Wildman–Crippen LogP) is 4.24. The van der Waals surface area contributed by atoms with Crippen LogP contribution >= 0.6 is 27.5 Å². The Balaban J connectivity index is 2.22. The molecule has 3 nitrogen and oxygen atoms in total. The smallest absolute Gasteiger partial charge is 0.327 e. The van der Waals surface area contributed by atoms with Crippen molar-refractivity contribution in [2.75, 3.05) is 6.61 Å². The highest BCUT2D eigenvalue weighted by atomic mass is 79.9. The minimum Gasteiger partial charge on any atom is -0.465 e. The summed E-state index contributed by atoms with van der Waals surface area (Å²) < 4.78 is 6.08. The molecule has 0 amide bonds. The fraction of sp³-hybridized carbons (Fsp3) is 0.533. The van der Waals surface area contributed by atoms with Gasteiger partial charge in [-0.15, -0.1) is 0 Å². The summed E-state index contributed by atoms with van der Waals surface area (Å²) in [6, 6.07) is 5.45. The largest absolute Gasteiger partial charge is 0.465 e. The number of hydrogen-bond donors (Lipinski definition) is 1. The first-order valence-electron chi connectivity index (χ1n) is 6.99. The summed E-state index contributed by atoms with van der Waals surface area (Å²) in [7, 11) is 0. The number of carbonyl (C=O) groups is 1. The summed E-state index contributed by atoms with van der Waals surface area (Å²) >= 11 is 9.66. The van der Waals surface area contributed by atoms with Crippen LogP contribution in [0, 0.1) is 0 Å². The van der Waals surface area contributed by atoms with Gasteiger partial charge in [0.15, 0.2) is 0 Å². The molecule has 1 N–H and O–H groups in total. The molecule has 0 heterocycles. The Morgan fingerprint density at radius 1 is 1.50 bits per heavy atom. The van der Waals surface area contributed by atoms with Crippen LogP contribution in [0.1, 0.15) is 44.2 Å². The van der Waals surface area contributed by atoms with Crippen LogP contribution in [-0.4, -0.2) is 18.6 Å². The first-order valence-corrected chi connectivity index (χ1v) is 8.16. The molecule has 0 bridgehead atoms. The average molecular weight is 361 g/mol. The van der Waals surface area contributed by atoms with E-state index in [1.807, 2.05) is 19.1 Å². The van der Waals surface area contributed by atoms with Gasteiger partial charge in [-0.2, -0.15) is 0 Å². The number of ether oxygens (including phenoxy) is 1. The number of esters is 1. The number of rotatable bonds is 5. The molecule has 1 fully saturated rings. The van der Waals surface area contributed by atoms with Gasteiger partial charge in [0.2, 0.25) is 0 Å². The third kappa shape index (κ3) is 3.96. The lowest BCUT2D eigenvalue weighted by molar-refractivity contribution is -0.146. The Morgan fingerprint density at radius 3 is 2.80 bits per heavy atom. The summed E-state index contributed by atoms with van der Waals surface area (Å²) in [4.78, 5) is 12.2. The van der Waals surface area contributed by atoms with Crippen LogP contribution in [0.5, 0.6) is 0 Å². The van der Waals surface area contributed by atoms with E-state index in [9.17, 15) is 4.79 Å². The van der Waals surface area contributed by atoms with E-state index in [1.54, 1.807) is 6.07 Å². The van der Waals surface area contributed by atoms with Gasteiger partial charge in [0.25, 0.3) is 0 Å². The maximum Gasteiger partial charge on any atom is 0.327 e. The molecule has 1 aliphatic rings. The van der Waals surface area contributed by atoms with E-state index in [0.717, 1.165) is 22.9 Å². The normalized spacial score (nSPS) is 17.1. The van der Waals surface area contributed by atoms with Crippen LogP contribution in [0.4, 0.5) is 0 Å². The molecule has 0 aliphatic heterocycles. The minimum atomic E-state index is -0.487. The molecule has 1 aromatic carbocycles. The monoisotopic (exact) mass is 359 g/mol. The van der Waals surface area contributed by atoms with E-state index in [-0.39, 0.29) is 5.97 Å². The maximum absolute atomic E-state index is 12.2. The Bertz CT molecular complexity index is 475. The van der Waals surface area contributed by atoms with Crippen molar-refractivity contribution in [1.82, 2.24) is 5.32 Å². The average Bonchev–Trinajstić information content (AvgIpc) is 2.90. The lowest BCUT2D eigenvalue weighted by Crippen LogP contribution is -2.36. The number of halogens is 2. The van der Waals surface area contributed by atoms with Crippen molar-refractivity contribution >= 4 is 33.5 Å². The van der Waals surface area contributed by atoms with E-state index in [0.29, 0.717) is 17.7 Å². The van der Waals surface area contributed by atoms with Gasteiger partial charge in [-0.3, -0.25) is 5.32 Å². The summed E-state index contributed by atoms with van der Waals surface area (Å²) in [5, 5.41) is 3.97. The molecule has 5 heteroatoms.